The lowest BCUT2D eigenvalue weighted by Crippen LogP contribution is -2.09. The lowest BCUT2D eigenvalue weighted by atomic mass is 10.1. The molecule has 3 aromatic rings. The molecule has 0 saturated carbocycles. The molecule has 0 bridgehead atoms. The van der Waals surface area contributed by atoms with Crippen molar-refractivity contribution in [2.45, 2.75) is 13.5 Å². The van der Waals surface area contributed by atoms with Crippen molar-refractivity contribution in [2.75, 3.05) is 12.8 Å². The number of nitrogens with two attached hydrogens (primary N) is 1. The Balaban J connectivity index is 2.18. The molecule has 0 unspecified atom stereocenters. The van der Waals surface area contributed by atoms with E-state index in [0.717, 1.165) is 34.7 Å². The van der Waals surface area contributed by atoms with Gasteiger partial charge in [-0.15, -0.1) is 0 Å². The summed E-state index contributed by atoms with van der Waals surface area (Å²) >= 11 is 1.15. The summed E-state index contributed by atoms with van der Waals surface area (Å²) < 4.78 is 32.1. The van der Waals surface area contributed by atoms with Crippen LogP contribution in [0.4, 0.5) is 14.5 Å². The summed E-state index contributed by atoms with van der Waals surface area (Å²) in [6, 6.07) is 4.75. The fraction of sp³-hybridized carbons (Fsp3) is 0.176. The Kier molecular flexibility index (Phi) is 4.29. The van der Waals surface area contributed by atoms with Crippen molar-refractivity contribution in [3.05, 3.63) is 57.6 Å². The van der Waals surface area contributed by atoms with Crippen LogP contribution in [-0.4, -0.2) is 12.9 Å². The first-order valence-corrected chi connectivity index (χ1v) is 7.96. The van der Waals surface area contributed by atoms with Gasteiger partial charge in [-0.1, -0.05) is 11.3 Å². The molecule has 124 valence electrons. The highest BCUT2D eigenvalue weighted by atomic mass is 32.1. The van der Waals surface area contributed by atoms with Gasteiger partial charge in [0.2, 0.25) is 5.78 Å². The van der Waals surface area contributed by atoms with Crippen molar-refractivity contribution < 1.29 is 23.3 Å². The van der Waals surface area contributed by atoms with Gasteiger partial charge in [0.05, 0.1) is 23.2 Å². The first kappa shape index (κ1) is 16.5. The molecule has 7 heteroatoms. The summed E-state index contributed by atoms with van der Waals surface area (Å²) in [5.41, 5.74) is 7.95. The monoisotopic (exact) mass is 349 g/mol. The number of carbonyl (C=O) groups is 1. The van der Waals surface area contributed by atoms with E-state index in [0.29, 0.717) is 22.9 Å². The number of benzene rings is 1. The molecular formula is C17H15F2N2O2S+. The second-order valence-corrected chi connectivity index (χ2v) is 6.43. The number of anilines is 1. The Hall–Kier alpha value is -2.38. The lowest BCUT2D eigenvalue weighted by Gasteiger charge is -2.03. The van der Waals surface area contributed by atoms with Crippen LogP contribution in [0.15, 0.2) is 24.3 Å². The number of hydrogen-bond donors (Lipinski definition) is 1. The predicted octanol–water partition coefficient (Wildman–Crippen LogP) is 3.26. The van der Waals surface area contributed by atoms with E-state index in [2.05, 4.69) is 4.98 Å². The molecule has 2 heterocycles. The third kappa shape index (κ3) is 2.76. The maximum absolute atomic E-state index is 13.9. The molecule has 0 aliphatic carbocycles. The van der Waals surface area contributed by atoms with E-state index in [1.807, 2.05) is 13.0 Å². The molecule has 24 heavy (non-hydrogen) atoms. The van der Waals surface area contributed by atoms with Crippen LogP contribution in [0.25, 0.3) is 10.2 Å². The number of carbonyl (C=O) groups excluding carboxylic acids is 1. The zero-order valence-corrected chi connectivity index (χ0v) is 13.9. The number of ketones is 1. The molecule has 0 aliphatic rings. The van der Waals surface area contributed by atoms with E-state index in [1.165, 1.54) is 0 Å². The quantitative estimate of drug-likeness (QED) is 0.735. The third-order valence-electron chi connectivity index (χ3n) is 3.65. The van der Waals surface area contributed by atoms with Crippen molar-refractivity contribution in [1.29, 1.82) is 0 Å². The zero-order chi connectivity index (χ0) is 17.4. The number of aromatic nitrogens is 1. The van der Waals surface area contributed by atoms with Gasteiger partial charge in [-0.2, -0.15) is 4.98 Å². The van der Waals surface area contributed by atoms with Crippen LogP contribution in [0.3, 0.4) is 0 Å². The normalized spacial score (nSPS) is 11.2. The Morgan fingerprint density at radius 1 is 1.33 bits per heavy atom. The Morgan fingerprint density at radius 3 is 2.75 bits per heavy atom. The molecule has 3 rings (SSSR count). The zero-order valence-electron chi connectivity index (χ0n) is 13.1. The number of pyridine rings is 1. The fourth-order valence-electron chi connectivity index (χ4n) is 2.63. The van der Waals surface area contributed by atoms with Gasteiger partial charge >= 0.3 is 0 Å². The molecule has 0 spiro atoms. The number of H-pyrrole nitrogens is 1. The number of nitrogens with one attached hydrogen (secondary N) is 1. The van der Waals surface area contributed by atoms with E-state index in [1.54, 1.807) is 7.11 Å². The van der Waals surface area contributed by atoms with Gasteiger partial charge < -0.3 is 10.5 Å². The fourth-order valence-corrected chi connectivity index (χ4v) is 3.81. The van der Waals surface area contributed by atoms with Gasteiger partial charge in [-0.05, 0) is 12.1 Å². The molecule has 0 amide bonds. The van der Waals surface area contributed by atoms with Crippen molar-refractivity contribution in [2.24, 2.45) is 0 Å². The van der Waals surface area contributed by atoms with E-state index >= 15 is 0 Å². The standard InChI is InChI=1S/C17H14F2N2O2S/c1-8-5-9(7-23-2)13-14(20)16(24-17(13)21-8)15(22)11-4-3-10(18)6-12(11)19/h3-6H,7,20H2,1-2H3/p+1. The maximum Gasteiger partial charge on any atom is 0.270 e. The van der Waals surface area contributed by atoms with Gasteiger partial charge in [-0.3, -0.25) is 4.79 Å². The first-order valence-electron chi connectivity index (χ1n) is 7.14. The topological polar surface area (TPSA) is 66.5 Å². The first-order chi connectivity index (χ1) is 11.4. The predicted molar refractivity (Wildman–Crippen MR) is 88.0 cm³/mol. The third-order valence-corrected chi connectivity index (χ3v) is 4.77. The van der Waals surface area contributed by atoms with E-state index in [9.17, 15) is 13.6 Å². The average Bonchev–Trinajstić information content (AvgIpc) is 2.83. The summed E-state index contributed by atoms with van der Waals surface area (Å²) in [5.74, 6) is -2.21. The molecule has 4 nitrogen and oxygen atoms in total. The summed E-state index contributed by atoms with van der Waals surface area (Å²) in [4.78, 5) is 16.7. The minimum absolute atomic E-state index is 0.209. The van der Waals surface area contributed by atoms with Gasteiger partial charge in [0.25, 0.3) is 4.83 Å². The average molecular weight is 349 g/mol. The van der Waals surface area contributed by atoms with Gasteiger partial charge in [-0.25, -0.2) is 8.78 Å². The van der Waals surface area contributed by atoms with Crippen molar-refractivity contribution in [3.63, 3.8) is 0 Å². The lowest BCUT2D eigenvalue weighted by molar-refractivity contribution is -0.351. The van der Waals surface area contributed by atoms with Gasteiger partial charge in [0.1, 0.15) is 16.5 Å². The highest BCUT2D eigenvalue weighted by molar-refractivity contribution is 7.21. The molecule has 2 aromatic heterocycles. The number of thiophene rings is 1. The second-order valence-electron chi connectivity index (χ2n) is 5.41. The SMILES string of the molecule is COCc1cc(C)[nH+]c2sc(C(=O)c3ccc(F)cc3F)c(N)c12. The van der Waals surface area contributed by atoms with Crippen LogP contribution >= 0.6 is 11.3 Å². The number of fused-ring (bicyclic) bond motifs is 1. The number of nitrogen functional groups attached to an aromatic ring is 1. The number of hydrogen-bond acceptors (Lipinski definition) is 4. The summed E-state index contributed by atoms with van der Waals surface area (Å²) in [6.45, 7) is 2.22. The molecule has 1 aromatic carbocycles. The number of aryl methyl sites for hydroxylation is 1. The molecule has 0 fully saturated rings. The van der Waals surface area contributed by atoms with Gasteiger partial charge in [0.15, 0.2) is 5.69 Å². The Morgan fingerprint density at radius 2 is 2.08 bits per heavy atom. The minimum atomic E-state index is -0.908. The van der Waals surface area contributed by atoms with Gasteiger partial charge in [0, 0.05) is 31.7 Å². The van der Waals surface area contributed by atoms with E-state index < -0.39 is 17.4 Å². The highest BCUT2D eigenvalue weighted by Gasteiger charge is 2.25. The molecule has 3 N–H and O–H groups in total. The van der Waals surface area contributed by atoms with E-state index in [-0.39, 0.29) is 16.1 Å². The molecule has 0 saturated heterocycles. The number of ether oxygens (including phenoxy) is 1. The van der Waals surface area contributed by atoms with Crippen molar-refractivity contribution >= 4 is 33.0 Å². The summed E-state index contributed by atoms with van der Waals surface area (Å²) in [5, 5.41) is 0.693. The van der Waals surface area contributed by atoms with Crippen LogP contribution in [0, 0.1) is 18.6 Å². The molecule has 0 atom stereocenters. The number of halogens is 2. The highest BCUT2D eigenvalue weighted by Crippen LogP contribution is 2.35. The van der Waals surface area contributed by atoms with Crippen molar-refractivity contribution in [3.8, 4) is 0 Å². The Bertz CT molecular complexity index is 953. The number of methoxy groups -OCH3 is 1. The number of rotatable bonds is 4. The van der Waals surface area contributed by atoms with Crippen molar-refractivity contribution in [1.82, 2.24) is 0 Å². The largest absolute Gasteiger partial charge is 0.397 e. The molecule has 0 aliphatic heterocycles. The second kappa shape index (κ2) is 6.26. The Labute approximate surface area is 140 Å². The summed E-state index contributed by atoms with van der Waals surface area (Å²) in [6.07, 6.45) is 0. The minimum Gasteiger partial charge on any atom is -0.397 e. The number of aromatic amines is 1. The van der Waals surface area contributed by atoms with Crippen LogP contribution in [0.2, 0.25) is 0 Å². The molecular weight excluding hydrogens is 334 g/mol. The summed E-state index contributed by atoms with van der Waals surface area (Å²) in [7, 11) is 1.57. The van der Waals surface area contributed by atoms with Crippen LogP contribution < -0.4 is 10.7 Å². The van der Waals surface area contributed by atoms with Crippen LogP contribution in [0.1, 0.15) is 26.5 Å². The van der Waals surface area contributed by atoms with E-state index in [4.69, 9.17) is 10.5 Å². The molecule has 0 radical (unpaired) electrons. The van der Waals surface area contributed by atoms with Crippen LogP contribution in [0.5, 0.6) is 0 Å². The maximum atomic E-state index is 13.9. The van der Waals surface area contributed by atoms with Crippen LogP contribution in [-0.2, 0) is 11.3 Å². The smallest absolute Gasteiger partial charge is 0.270 e.